The number of hydrazine groups is 1. The molecule has 1 aliphatic heterocycles. The van der Waals surface area contributed by atoms with Crippen molar-refractivity contribution in [1.29, 1.82) is 5.26 Å². The van der Waals surface area contributed by atoms with Crippen molar-refractivity contribution in [1.82, 2.24) is 15.0 Å². The Bertz CT molecular complexity index is 663. The van der Waals surface area contributed by atoms with Gasteiger partial charge in [-0.2, -0.15) is 5.26 Å². The highest BCUT2D eigenvalue weighted by atomic mass is 15.5. The van der Waals surface area contributed by atoms with Gasteiger partial charge in [0.2, 0.25) is 0 Å². The molecule has 2 aromatic rings. The van der Waals surface area contributed by atoms with Crippen LogP contribution in [0.2, 0.25) is 0 Å². The summed E-state index contributed by atoms with van der Waals surface area (Å²) < 4.78 is 0. The number of hydrogen-bond acceptors (Lipinski definition) is 5. The molecule has 0 amide bonds. The summed E-state index contributed by atoms with van der Waals surface area (Å²) in [5.41, 5.74) is 7.37. The van der Waals surface area contributed by atoms with Gasteiger partial charge >= 0.3 is 0 Å². The summed E-state index contributed by atoms with van der Waals surface area (Å²) in [6.07, 6.45) is 3.38. The van der Waals surface area contributed by atoms with Gasteiger partial charge in [-0.15, -0.1) is 0 Å². The molecule has 3 rings (SSSR count). The average molecular weight is 240 g/mol. The zero-order valence-corrected chi connectivity index (χ0v) is 9.94. The Kier molecular flexibility index (Phi) is 2.38. The molecule has 0 bridgehead atoms. The van der Waals surface area contributed by atoms with E-state index in [9.17, 15) is 0 Å². The number of nitriles is 1. The second kappa shape index (κ2) is 4.04. The lowest BCUT2D eigenvalue weighted by Gasteiger charge is -2.19. The minimum atomic E-state index is 0.565. The molecule has 2 heterocycles. The Morgan fingerprint density at radius 3 is 3.17 bits per heavy atom. The summed E-state index contributed by atoms with van der Waals surface area (Å²) in [4.78, 5) is 11.4. The van der Waals surface area contributed by atoms with Crippen molar-refractivity contribution >= 4 is 23.1 Å². The predicted octanol–water partition coefficient (Wildman–Crippen LogP) is 1.41. The van der Waals surface area contributed by atoms with Crippen molar-refractivity contribution in [3.63, 3.8) is 0 Å². The van der Waals surface area contributed by atoms with E-state index >= 15 is 0 Å². The lowest BCUT2D eigenvalue weighted by molar-refractivity contribution is 0.557. The molecule has 0 radical (unpaired) electrons. The topological polar surface area (TPSA) is 80.1 Å². The fourth-order valence-electron chi connectivity index (χ4n) is 2.06. The highest BCUT2D eigenvalue weighted by Crippen LogP contribution is 2.26. The summed E-state index contributed by atoms with van der Waals surface area (Å²) >= 11 is 0. The summed E-state index contributed by atoms with van der Waals surface area (Å²) in [7, 11) is 0. The van der Waals surface area contributed by atoms with E-state index in [1.165, 1.54) is 0 Å². The maximum absolute atomic E-state index is 9.16. The van der Waals surface area contributed by atoms with Crippen LogP contribution in [0.5, 0.6) is 0 Å². The Hall–Kier alpha value is -2.55. The first kappa shape index (κ1) is 10.6. The maximum atomic E-state index is 9.16. The first-order chi connectivity index (χ1) is 8.79. The lowest BCUT2D eigenvalue weighted by Crippen LogP contribution is -2.27. The molecule has 6 nitrogen and oxygen atoms in total. The fourth-order valence-corrected chi connectivity index (χ4v) is 2.06. The molecule has 1 aromatic carbocycles. The zero-order valence-electron chi connectivity index (χ0n) is 9.94. The largest absolute Gasteiger partial charge is 0.344 e. The van der Waals surface area contributed by atoms with Gasteiger partial charge in [0.15, 0.2) is 0 Å². The molecule has 0 aliphatic carbocycles. The number of aliphatic imine (C=N–C) groups is 1. The number of nitrogens with one attached hydrogen (secondary N) is 2. The van der Waals surface area contributed by atoms with Gasteiger partial charge in [-0.25, -0.2) is 4.98 Å². The summed E-state index contributed by atoms with van der Waals surface area (Å²) in [6, 6.07) is 4.00. The fraction of sp³-hybridized carbons (Fsp3) is 0.250. The Balaban J connectivity index is 2.08. The molecule has 90 valence electrons. The van der Waals surface area contributed by atoms with Gasteiger partial charge < -0.3 is 4.98 Å². The van der Waals surface area contributed by atoms with E-state index in [2.05, 4.69) is 26.5 Å². The predicted molar refractivity (Wildman–Crippen MR) is 69.2 cm³/mol. The molecule has 0 saturated carbocycles. The van der Waals surface area contributed by atoms with E-state index in [0.717, 1.165) is 35.4 Å². The normalized spacial score (nSPS) is 14.1. The first-order valence-electron chi connectivity index (χ1n) is 5.69. The van der Waals surface area contributed by atoms with Crippen molar-refractivity contribution < 1.29 is 0 Å². The van der Waals surface area contributed by atoms with Gasteiger partial charge in [0.05, 0.1) is 36.2 Å². The number of aromatic nitrogens is 2. The third-order valence-corrected chi connectivity index (χ3v) is 3.04. The lowest BCUT2D eigenvalue weighted by atomic mass is 10.1. The van der Waals surface area contributed by atoms with Crippen LogP contribution < -0.4 is 5.43 Å². The number of hydrogen-bond donors (Lipinski definition) is 2. The van der Waals surface area contributed by atoms with Crippen molar-refractivity contribution in [3.8, 4) is 6.07 Å². The van der Waals surface area contributed by atoms with Gasteiger partial charge in [-0.1, -0.05) is 0 Å². The van der Waals surface area contributed by atoms with Gasteiger partial charge in [0.25, 0.3) is 0 Å². The van der Waals surface area contributed by atoms with Crippen LogP contribution in [-0.4, -0.2) is 34.4 Å². The molecule has 1 aliphatic rings. The average Bonchev–Trinajstić information content (AvgIpc) is 3.03. The van der Waals surface area contributed by atoms with Crippen LogP contribution in [0.3, 0.4) is 0 Å². The van der Waals surface area contributed by atoms with E-state index in [0.29, 0.717) is 5.56 Å². The summed E-state index contributed by atoms with van der Waals surface area (Å²) in [5, 5.41) is 11.1. The van der Waals surface area contributed by atoms with Crippen molar-refractivity contribution in [2.24, 2.45) is 4.99 Å². The van der Waals surface area contributed by atoms with Crippen LogP contribution in [0.25, 0.3) is 11.0 Å². The standard InChI is InChI=1S/C12H12N6/c1-8-10(17-18-3-2-14-7-18)4-9(5-13)12-11(8)15-6-16-12/h4,6-7,17H,2-3H2,1H3,(H,15,16). The molecule has 1 aromatic heterocycles. The Morgan fingerprint density at radius 1 is 1.56 bits per heavy atom. The molecule has 6 heteroatoms. The van der Waals surface area contributed by atoms with Crippen LogP contribution in [0, 0.1) is 18.3 Å². The zero-order chi connectivity index (χ0) is 12.5. The third kappa shape index (κ3) is 1.57. The highest BCUT2D eigenvalue weighted by Gasteiger charge is 2.13. The van der Waals surface area contributed by atoms with Gasteiger partial charge in [-0.05, 0) is 18.6 Å². The van der Waals surface area contributed by atoms with E-state index in [-0.39, 0.29) is 0 Å². The van der Waals surface area contributed by atoms with Crippen molar-refractivity contribution in [2.75, 3.05) is 18.5 Å². The number of aromatic amines is 1. The number of H-pyrrole nitrogens is 1. The van der Waals surface area contributed by atoms with Gasteiger partial charge in [0, 0.05) is 0 Å². The molecular formula is C12H12N6. The van der Waals surface area contributed by atoms with Gasteiger partial charge in [0.1, 0.15) is 17.9 Å². The molecule has 18 heavy (non-hydrogen) atoms. The molecule has 0 spiro atoms. The molecule has 0 atom stereocenters. The molecule has 2 N–H and O–H groups in total. The Labute approximate surface area is 104 Å². The van der Waals surface area contributed by atoms with E-state index in [4.69, 9.17) is 5.26 Å². The smallest absolute Gasteiger partial charge is 0.106 e. The number of imidazole rings is 1. The second-order valence-corrected chi connectivity index (χ2v) is 4.16. The van der Waals surface area contributed by atoms with E-state index in [1.54, 1.807) is 12.7 Å². The minimum absolute atomic E-state index is 0.565. The van der Waals surface area contributed by atoms with Crippen LogP contribution in [0.15, 0.2) is 17.4 Å². The molecular weight excluding hydrogens is 228 g/mol. The summed E-state index contributed by atoms with van der Waals surface area (Å²) in [6.45, 7) is 3.63. The molecule has 0 saturated heterocycles. The molecule has 0 unspecified atom stereocenters. The first-order valence-corrected chi connectivity index (χ1v) is 5.69. The highest BCUT2D eigenvalue weighted by molar-refractivity contribution is 5.89. The van der Waals surface area contributed by atoms with Gasteiger partial charge in [-0.3, -0.25) is 15.4 Å². The third-order valence-electron chi connectivity index (χ3n) is 3.04. The van der Waals surface area contributed by atoms with E-state index < -0.39 is 0 Å². The van der Waals surface area contributed by atoms with Crippen molar-refractivity contribution in [3.05, 3.63) is 23.5 Å². The van der Waals surface area contributed by atoms with Crippen LogP contribution in [-0.2, 0) is 0 Å². The number of aryl methyl sites for hydroxylation is 1. The number of benzene rings is 1. The quantitative estimate of drug-likeness (QED) is 0.831. The SMILES string of the molecule is Cc1c(NN2C=NCC2)cc(C#N)c2nc[nH]c12. The maximum Gasteiger partial charge on any atom is 0.106 e. The number of nitrogens with zero attached hydrogens (tertiary/aromatic N) is 4. The van der Waals surface area contributed by atoms with Crippen LogP contribution in [0.1, 0.15) is 11.1 Å². The van der Waals surface area contributed by atoms with Crippen LogP contribution >= 0.6 is 0 Å². The van der Waals surface area contributed by atoms with Crippen molar-refractivity contribution in [2.45, 2.75) is 6.92 Å². The second-order valence-electron chi connectivity index (χ2n) is 4.16. The summed E-state index contributed by atoms with van der Waals surface area (Å²) in [5.74, 6) is 0. The Morgan fingerprint density at radius 2 is 2.44 bits per heavy atom. The monoisotopic (exact) mass is 240 g/mol. The van der Waals surface area contributed by atoms with Crippen LogP contribution in [0.4, 0.5) is 5.69 Å². The molecule has 0 fully saturated rings. The number of rotatable bonds is 2. The number of anilines is 1. The number of fused-ring (bicyclic) bond motifs is 1. The van der Waals surface area contributed by atoms with E-state index in [1.807, 2.05) is 18.0 Å². The minimum Gasteiger partial charge on any atom is -0.344 e.